The van der Waals surface area contributed by atoms with Crippen LogP contribution in [-0.2, 0) is 20.8 Å². The second-order valence-electron chi connectivity index (χ2n) is 7.40. The maximum atomic E-state index is 14.4. The molecule has 1 aliphatic heterocycles. The van der Waals surface area contributed by atoms with E-state index in [-0.39, 0.29) is 30.3 Å². The molecular weight excluding hydrogens is 377 g/mol. The summed E-state index contributed by atoms with van der Waals surface area (Å²) in [6.45, 7) is 5.93. The number of hydrogen-bond acceptors (Lipinski definition) is 5. The summed E-state index contributed by atoms with van der Waals surface area (Å²) in [5.74, 6) is -1.52. The summed E-state index contributed by atoms with van der Waals surface area (Å²) in [6, 6.07) is 2.80. The van der Waals surface area contributed by atoms with Gasteiger partial charge in [-0.2, -0.15) is 0 Å². The standard InChI is InChI=1S/C20H30FN5O3/c1-4-18(27)23-17(20(29)26-9-7-25(3)8-10-26)12-14-5-6-16(15(21)11-14)24-19(28)13(2)22/h5-6,11,13,17H,4,7-10,12,22H2,1-3H3,(H,23,27)(H,24,28)/t13-,17+/m0/s1. The van der Waals surface area contributed by atoms with Gasteiger partial charge in [0.05, 0.1) is 11.7 Å². The molecule has 0 spiro atoms. The van der Waals surface area contributed by atoms with Gasteiger partial charge in [-0.05, 0) is 31.7 Å². The minimum Gasteiger partial charge on any atom is -0.344 e. The molecule has 1 fully saturated rings. The molecule has 1 heterocycles. The first-order chi connectivity index (χ1) is 13.7. The number of carbonyl (C=O) groups is 3. The van der Waals surface area contributed by atoms with Gasteiger partial charge in [0.1, 0.15) is 11.9 Å². The van der Waals surface area contributed by atoms with Gasteiger partial charge in [-0.3, -0.25) is 14.4 Å². The van der Waals surface area contributed by atoms with Gasteiger partial charge >= 0.3 is 0 Å². The average Bonchev–Trinajstić information content (AvgIpc) is 2.69. The molecule has 0 aliphatic carbocycles. The minimum atomic E-state index is -0.769. The van der Waals surface area contributed by atoms with Crippen molar-refractivity contribution in [3.63, 3.8) is 0 Å². The van der Waals surface area contributed by atoms with E-state index in [9.17, 15) is 18.8 Å². The van der Waals surface area contributed by atoms with Crippen LogP contribution >= 0.6 is 0 Å². The maximum absolute atomic E-state index is 14.4. The molecule has 0 aromatic heterocycles. The van der Waals surface area contributed by atoms with Gasteiger partial charge < -0.3 is 26.2 Å². The summed E-state index contributed by atoms with van der Waals surface area (Å²) in [5, 5.41) is 5.17. The topological polar surface area (TPSA) is 108 Å². The van der Waals surface area contributed by atoms with Crippen LogP contribution < -0.4 is 16.4 Å². The van der Waals surface area contributed by atoms with E-state index in [0.29, 0.717) is 18.7 Å². The zero-order chi connectivity index (χ0) is 21.6. The Morgan fingerprint density at radius 1 is 1.21 bits per heavy atom. The van der Waals surface area contributed by atoms with Crippen LogP contribution in [0.25, 0.3) is 0 Å². The van der Waals surface area contributed by atoms with Gasteiger partial charge in [0.2, 0.25) is 17.7 Å². The highest BCUT2D eigenvalue weighted by atomic mass is 19.1. The monoisotopic (exact) mass is 407 g/mol. The van der Waals surface area contributed by atoms with Gasteiger partial charge in [-0.15, -0.1) is 0 Å². The number of piperazine rings is 1. The van der Waals surface area contributed by atoms with E-state index in [1.807, 2.05) is 7.05 Å². The van der Waals surface area contributed by atoms with Gasteiger partial charge in [0, 0.05) is 39.0 Å². The second-order valence-corrected chi connectivity index (χ2v) is 7.40. The second kappa shape index (κ2) is 10.3. The van der Waals surface area contributed by atoms with Crippen molar-refractivity contribution in [2.24, 2.45) is 5.73 Å². The number of halogens is 1. The first kappa shape index (κ1) is 22.8. The van der Waals surface area contributed by atoms with Gasteiger partial charge in [0.25, 0.3) is 0 Å². The molecule has 4 N–H and O–H groups in total. The lowest BCUT2D eigenvalue weighted by Crippen LogP contribution is -2.54. The predicted molar refractivity (Wildman–Crippen MR) is 109 cm³/mol. The Balaban J connectivity index is 2.13. The minimum absolute atomic E-state index is 0.0237. The van der Waals surface area contributed by atoms with E-state index in [1.165, 1.54) is 19.1 Å². The number of nitrogens with two attached hydrogens (primary N) is 1. The molecule has 9 heteroatoms. The zero-order valence-electron chi connectivity index (χ0n) is 17.2. The molecule has 2 rings (SSSR count). The normalized spacial score (nSPS) is 16.8. The number of nitrogens with zero attached hydrogens (tertiary/aromatic N) is 2. The molecule has 0 saturated carbocycles. The number of rotatable bonds is 7. The van der Waals surface area contributed by atoms with Crippen molar-refractivity contribution < 1.29 is 18.8 Å². The molecule has 0 unspecified atom stereocenters. The fourth-order valence-corrected chi connectivity index (χ4v) is 3.01. The Morgan fingerprint density at radius 3 is 2.41 bits per heavy atom. The molecule has 1 saturated heterocycles. The van der Waals surface area contributed by atoms with Crippen molar-refractivity contribution in [1.29, 1.82) is 0 Å². The van der Waals surface area contributed by atoms with Gasteiger partial charge in [0.15, 0.2) is 0 Å². The van der Waals surface area contributed by atoms with Crippen LogP contribution in [0, 0.1) is 5.82 Å². The Labute approximate surface area is 170 Å². The largest absolute Gasteiger partial charge is 0.344 e. The number of benzene rings is 1. The highest BCUT2D eigenvalue weighted by Crippen LogP contribution is 2.18. The van der Waals surface area contributed by atoms with E-state index in [4.69, 9.17) is 5.73 Å². The van der Waals surface area contributed by atoms with Gasteiger partial charge in [-0.25, -0.2) is 4.39 Å². The molecule has 0 bridgehead atoms. The summed E-state index contributed by atoms with van der Waals surface area (Å²) in [5.41, 5.74) is 6.05. The third-order valence-corrected chi connectivity index (χ3v) is 4.91. The van der Waals surface area contributed by atoms with E-state index in [1.54, 1.807) is 17.9 Å². The Hall–Kier alpha value is -2.52. The number of carbonyl (C=O) groups excluding carboxylic acids is 3. The molecule has 0 radical (unpaired) electrons. The fourth-order valence-electron chi connectivity index (χ4n) is 3.01. The average molecular weight is 407 g/mol. The van der Waals surface area contributed by atoms with Gasteiger partial charge in [-0.1, -0.05) is 13.0 Å². The van der Waals surface area contributed by atoms with Crippen LogP contribution in [0.3, 0.4) is 0 Å². The summed E-state index contributed by atoms with van der Waals surface area (Å²) >= 11 is 0. The van der Waals surface area contributed by atoms with E-state index < -0.39 is 23.8 Å². The summed E-state index contributed by atoms with van der Waals surface area (Å²) in [7, 11) is 1.99. The van der Waals surface area contributed by atoms with Crippen LogP contribution in [0.2, 0.25) is 0 Å². The Morgan fingerprint density at radius 2 is 1.86 bits per heavy atom. The smallest absolute Gasteiger partial charge is 0.245 e. The fraction of sp³-hybridized carbons (Fsp3) is 0.550. The van der Waals surface area contributed by atoms with Crippen molar-refractivity contribution in [3.05, 3.63) is 29.6 Å². The SMILES string of the molecule is CCC(=O)N[C@H](Cc1ccc(NC(=O)[C@H](C)N)c(F)c1)C(=O)N1CCN(C)CC1. The Bertz CT molecular complexity index is 748. The van der Waals surface area contributed by atoms with Crippen molar-refractivity contribution >= 4 is 23.4 Å². The molecule has 8 nitrogen and oxygen atoms in total. The molecule has 2 atom stereocenters. The summed E-state index contributed by atoms with van der Waals surface area (Å²) in [4.78, 5) is 40.4. The number of likely N-dealkylation sites (N-methyl/N-ethyl adjacent to an activating group) is 1. The Kier molecular flexibility index (Phi) is 8.10. The number of anilines is 1. The number of amides is 3. The number of hydrogen-bond donors (Lipinski definition) is 3. The first-order valence-corrected chi connectivity index (χ1v) is 9.82. The van der Waals surface area contributed by atoms with Crippen LogP contribution in [0.4, 0.5) is 10.1 Å². The summed E-state index contributed by atoms with van der Waals surface area (Å²) in [6.07, 6.45) is 0.415. The highest BCUT2D eigenvalue weighted by Gasteiger charge is 2.28. The molecule has 1 aliphatic rings. The predicted octanol–water partition coefficient (Wildman–Crippen LogP) is 0.323. The molecular formula is C20H30FN5O3. The molecule has 3 amide bonds. The molecule has 160 valence electrons. The third-order valence-electron chi connectivity index (χ3n) is 4.91. The first-order valence-electron chi connectivity index (χ1n) is 9.82. The van der Waals surface area contributed by atoms with Crippen LogP contribution in [-0.4, -0.2) is 72.8 Å². The lowest BCUT2D eigenvalue weighted by molar-refractivity contribution is -0.137. The summed E-state index contributed by atoms with van der Waals surface area (Å²) < 4.78 is 14.4. The van der Waals surface area contributed by atoms with E-state index >= 15 is 0 Å². The van der Waals surface area contributed by atoms with Crippen molar-refractivity contribution in [3.8, 4) is 0 Å². The number of nitrogens with one attached hydrogen (secondary N) is 2. The lowest BCUT2D eigenvalue weighted by Gasteiger charge is -2.34. The maximum Gasteiger partial charge on any atom is 0.245 e. The third kappa shape index (κ3) is 6.50. The molecule has 1 aromatic rings. The molecule has 29 heavy (non-hydrogen) atoms. The quantitative estimate of drug-likeness (QED) is 0.604. The van der Waals surface area contributed by atoms with Crippen molar-refractivity contribution in [2.45, 2.75) is 38.8 Å². The van der Waals surface area contributed by atoms with E-state index in [0.717, 1.165) is 13.1 Å². The van der Waals surface area contributed by atoms with Crippen molar-refractivity contribution in [2.75, 3.05) is 38.5 Å². The lowest BCUT2D eigenvalue weighted by atomic mass is 10.0. The zero-order valence-corrected chi connectivity index (χ0v) is 17.2. The molecule has 1 aromatic carbocycles. The van der Waals surface area contributed by atoms with Crippen LogP contribution in [0.15, 0.2) is 18.2 Å². The van der Waals surface area contributed by atoms with Crippen LogP contribution in [0.5, 0.6) is 0 Å². The van der Waals surface area contributed by atoms with Crippen LogP contribution in [0.1, 0.15) is 25.8 Å². The highest BCUT2D eigenvalue weighted by molar-refractivity contribution is 5.94. The van der Waals surface area contributed by atoms with Crippen molar-refractivity contribution in [1.82, 2.24) is 15.1 Å². The van der Waals surface area contributed by atoms with E-state index in [2.05, 4.69) is 15.5 Å².